The lowest BCUT2D eigenvalue weighted by atomic mass is 10.1. The SMILES string of the molecule is O=C(O)c1cnoc1-c1cccc(SC(F)(F)F)c1. The van der Waals surface area contributed by atoms with E-state index in [1.54, 1.807) is 0 Å². The van der Waals surface area contributed by atoms with Gasteiger partial charge in [0.15, 0.2) is 5.76 Å². The third-order valence-electron chi connectivity index (χ3n) is 2.13. The Hall–Kier alpha value is -1.96. The zero-order valence-electron chi connectivity index (χ0n) is 9.14. The van der Waals surface area contributed by atoms with Crippen LogP contribution in [0.15, 0.2) is 39.9 Å². The Morgan fingerprint density at radius 3 is 2.74 bits per heavy atom. The third kappa shape index (κ3) is 3.28. The lowest BCUT2D eigenvalue weighted by Gasteiger charge is -2.06. The normalized spacial score (nSPS) is 11.5. The molecule has 0 atom stereocenters. The molecule has 0 aliphatic rings. The highest BCUT2D eigenvalue weighted by Crippen LogP contribution is 2.38. The maximum atomic E-state index is 12.3. The molecule has 0 saturated heterocycles. The first kappa shape index (κ1) is 13.5. The summed E-state index contributed by atoms with van der Waals surface area (Å²) in [5.74, 6) is -1.33. The summed E-state index contributed by atoms with van der Waals surface area (Å²) in [7, 11) is 0. The van der Waals surface area contributed by atoms with Gasteiger partial charge in [-0.3, -0.25) is 0 Å². The smallest absolute Gasteiger partial charge is 0.446 e. The number of carboxylic acid groups (broad SMARTS) is 1. The number of aromatic nitrogens is 1. The molecule has 0 aliphatic heterocycles. The molecule has 100 valence electrons. The van der Waals surface area contributed by atoms with Crippen molar-refractivity contribution in [2.24, 2.45) is 0 Å². The fourth-order valence-corrected chi connectivity index (χ4v) is 2.03. The number of rotatable bonds is 3. The van der Waals surface area contributed by atoms with Crippen molar-refractivity contribution in [3.05, 3.63) is 36.0 Å². The summed E-state index contributed by atoms with van der Waals surface area (Å²) in [4.78, 5) is 10.8. The highest BCUT2D eigenvalue weighted by molar-refractivity contribution is 8.00. The van der Waals surface area contributed by atoms with Gasteiger partial charge in [0.2, 0.25) is 0 Å². The molecule has 0 amide bonds. The highest BCUT2D eigenvalue weighted by atomic mass is 32.2. The monoisotopic (exact) mass is 289 g/mol. The Morgan fingerprint density at radius 2 is 2.11 bits per heavy atom. The molecule has 0 aliphatic carbocycles. The summed E-state index contributed by atoms with van der Waals surface area (Å²) in [6.07, 6.45) is 1.00. The average Bonchev–Trinajstić information content (AvgIpc) is 2.75. The standard InChI is InChI=1S/C11H6F3NO3S/c12-11(13,14)19-7-3-1-2-6(4-7)9-8(10(16)17)5-15-18-9/h1-5H,(H,16,17). The maximum Gasteiger partial charge on any atom is 0.446 e. The molecule has 8 heteroatoms. The fourth-order valence-electron chi connectivity index (χ4n) is 1.43. The molecule has 0 bridgehead atoms. The summed E-state index contributed by atoms with van der Waals surface area (Å²) in [5.41, 5.74) is -4.38. The molecular weight excluding hydrogens is 283 g/mol. The van der Waals surface area contributed by atoms with Crippen LogP contribution in [0.25, 0.3) is 11.3 Å². The third-order valence-corrected chi connectivity index (χ3v) is 2.85. The van der Waals surface area contributed by atoms with Crippen molar-refractivity contribution >= 4 is 17.7 Å². The minimum absolute atomic E-state index is 0.0576. The number of halogens is 3. The first-order valence-electron chi connectivity index (χ1n) is 4.91. The van der Waals surface area contributed by atoms with Gasteiger partial charge in [0.05, 0.1) is 6.20 Å². The van der Waals surface area contributed by atoms with Crippen LogP contribution >= 0.6 is 11.8 Å². The molecule has 1 N–H and O–H groups in total. The molecule has 2 rings (SSSR count). The number of aromatic carboxylic acids is 1. The quantitative estimate of drug-likeness (QED) is 0.874. The minimum Gasteiger partial charge on any atom is -0.477 e. The maximum absolute atomic E-state index is 12.3. The second kappa shape index (κ2) is 4.96. The van der Waals surface area contributed by atoms with Crippen LogP contribution in [0.5, 0.6) is 0 Å². The molecule has 0 spiro atoms. The molecule has 19 heavy (non-hydrogen) atoms. The molecule has 1 aromatic heterocycles. The van der Waals surface area contributed by atoms with E-state index in [4.69, 9.17) is 9.63 Å². The van der Waals surface area contributed by atoms with Crippen LogP contribution < -0.4 is 0 Å². The number of benzene rings is 1. The van der Waals surface area contributed by atoms with Crippen molar-refractivity contribution in [3.8, 4) is 11.3 Å². The Morgan fingerprint density at radius 1 is 1.37 bits per heavy atom. The van der Waals surface area contributed by atoms with Gasteiger partial charge in [0.25, 0.3) is 0 Å². The largest absolute Gasteiger partial charge is 0.477 e. The van der Waals surface area contributed by atoms with Gasteiger partial charge in [-0.05, 0) is 23.9 Å². The number of alkyl halides is 3. The summed E-state index contributed by atoms with van der Waals surface area (Å²) in [5, 5.41) is 12.2. The Kier molecular flexibility index (Phi) is 3.52. The number of carbonyl (C=O) groups is 1. The van der Waals surface area contributed by atoms with Crippen LogP contribution in [0.2, 0.25) is 0 Å². The molecule has 1 aromatic carbocycles. The van der Waals surface area contributed by atoms with Gasteiger partial charge >= 0.3 is 11.5 Å². The second-order valence-electron chi connectivity index (χ2n) is 3.45. The van der Waals surface area contributed by atoms with Gasteiger partial charge in [0, 0.05) is 10.5 Å². The van der Waals surface area contributed by atoms with E-state index in [1.807, 2.05) is 0 Å². The zero-order chi connectivity index (χ0) is 14.0. The number of hydrogen-bond donors (Lipinski definition) is 1. The van der Waals surface area contributed by atoms with Crippen molar-refractivity contribution in [1.82, 2.24) is 5.16 Å². The van der Waals surface area contributed by atoms with Gasteiger partial charge in [-0.25, -0.2) is 4.79 Å². The first-order chi connectivity index (χ1) is 8.87. The van der Waals surface area contributed by atoms with E-state index in [-0.39, 0.29) is 33.5 Å². The number of nitrogens with zero attached hydrogens (tertiary/aromatic N) is 1. The van der Waals surface area contributed by atoms with E-state index in [0.717, 1.165) is 6.20 Å². The van der Waals surface area contributed by atoms with Crippen LogP contribution in [0.1, 0.15) is 10.4 Å². The van der Waals surface area contributed by atoms with E-state index in [0.29, 0.717) is 0 Å². The van der Waals surface area contributed by atoms with E-state index in [1.165, 1.54) is 24.3 Å². The first-order valence-corrected chi connectivity index (χ1v) is 5.72. The van der Waals surface area contributed by atoms with Crippen LogP contribution in [-0.4, -0.2) is 21.7 Å². The van der Waals surface area contributed by atoms with Gasteiger partial charge in [-0.1, -0.05) is 17.3 Å². The Balaban J connectivity index is 2.38. The second-order valence-corrected chi connectivity index (χ2v) is 4.59. The zero-order valence-corrected chi connectivity index (χ0v) is 9.96. The fraction of sp³-hybridized carbons (Fsp3) is 0.0909. The van der Waals surface area contributed by atoms with E-state index < -0.39 is 11.5 Å². The molecule has 0 saturated carbocycles. The van der Waals surface area contributed by atoms with Crippen LogP contribution in [0.4, 0.5) is 13.2 Å². The highest BCUT2D eigenvalue weighted by Gasteiger charge is 2.29. The molecule has 4 nitrogen and oxygen atoms in total. The lowest BCUT2D eigenvalue weighted by Crippen LogP contribution is -1.99. The lowest BCUT2D eigenvalue weighted by molar-refractivity contribution is -0.0328. The topological polar surface area (TPSA) is 63.3 Å². The molecule has 0 radical (unpaired) electrons. The van der Waals surface area contributed by atoms with Crippen molar-refractivity contribution in [3.63, 3.8) is 0 Å². The summed E-state index contributed by atoms with van der Waals surface area (Å²) in [6.45, 7) is 0. The summed E-state index contributed by atoms with van der Waals surface area (Å²) in [6, 6.07) is 5.31. The molecule has 2 aromatic rings. The number of hydrogen-bond acceptors (Lipinski definition) is 4. The van der Waals surface area contributed by atoms with Crippen molar-refractivity contribution in [2.45, 2.75) is 10.4 Å². The Bertz CT molecular complexity index is 609. The van der Waals surface area contributed by atoms with E-state index in [2.05, 4.69) is 5.16 Å². The van der Waals surface area contributed by atoms with Gasteiger partial charge in [-0.15, -0.1) is 0 Å². The van der Waals surface area contributed by atoms with Crippen LogP contribution in [0, 0.1) is 0 Å². The van der Waals surface area contributed by atoms with Crippen LogP contribution in [-0.2, 0) is 0 Å². The van der Waals surface area contributed by atoms with Gasteiger partial charge in [0.1, 0.15) is 5.56 Å². The van der Waals surface area contributed by atoms with Crippen molar-refractivity contribution in [1.29, 1.82) is 0 Å². The van der Waals surface area contributed by atoms with Gasteiger partial charge in [-0.2, -0.15) is 13.2 Å². The van der Waals surface area contributed by atoms with Gasteiger partial charge < -0.3 is 9.63 Å². The van der Waals surface area contributed by atoms with Crippen molar-refractivity contribution < 1.29 is 27.6 Å². The molecular formula is C11H6F3NO3S. The predicted octanol–water partition coefficient (Wildman–Crippen LogP) is 3.65. The van der Waals surface area contributed by atoms with Crippen LogP contribution in [0.3, 0.4) is 0 Å². The average molecular weight is 289 g/mol. The van der Waals surface area contributed by atoms with E-state index >= 15 is 0 Å². The number of thioether (sulfide) groups is 1. The van der Waals surface area contributed by atoms with Crippen molar-refractivity contribution in [2.75, 3.05) is 0 Å². The number of carboxylic acids is 1. The minimum atomic E-state index is -4.41. The summed E-state index contributed by atoms with van der Waals surface area (Å²) < 4.78 is 41.5. The molecule has 1 heterocycles. The molecule has 0 unspecified atom stereocenters. The van der Waals surface area contributed by atoms with E-state index in [9.17, 15) is 18.0 Å². The predicted molar refractivity (Wildman–Crippen MR) is 60.8 cm³/mol. The summed E-state index contributed by atoms with van der Waals surface area (Å²) >= 11 is -0.283. The Labute approximate surface area is 109 Å². The molecule has 0 fully saturated rings.